The minimum Gasteiger partial charge on any atom is -0.390 e. The van der Waals surface area contributed by atoms with Gasteiger partial charge in [-0.05, 0) is 5.53 Å². The number of aliphatic hydroxyl groups excluding tert-OH is 1. The molecule has 1 aliphatic heterocycles. The summed E-state index contributed by atoms with van der Waals surface area (Å²) in [5, 5.41) is 13.5. The largest absolute Gasteiger partial charge is 0.490 e. The zero-order valence-corrected chi connectivity index (χ0v) is 17.4. The molecule has 3 unspecified atom stereocenters. The summed E-state index contributed by atoms with van der Waals surface area (Å²) in [4.78, 5) is 62.9. The maximum Gasteiger partial charge on any atom is 0.490 e. The number of H-pyrrole nitrogens is 1. The van der Waals surface area contributed by atoms with E-state index in [0.29, 0.717) is 0 Å². The number of nitrogens with one attached hydrogen (secondary N) is 1. The molecule has 1 fully saturated rings. The Labute approximate surface area is 169 Å². The minimum atomic E-state index is -5.76. The molecule has 0 radical (unpaired) electrons. The Morgan fingerprint density at radius 3 is 2.39 bits per heavy atom. The second-order valence-electron chi connectivity index (χ2n) is 5.66. The van der Waals surface area contributed by atoms with Crippen LogP contribution in [-0.2, 0) is 31.6 Å². The van der Waals surface area contributed by atoms with Gasteiger partial charge in [-0.3, -0.25) is 18.9 Å². The highest BCUT2D eigenvalue weighted by Gasteiger charge is 2.47. The Morgan fingerprint density at radius 2 is 1.84 bits per heavy atom. The number of phosphoric ester groups is 1. The molecule has 31 heavy (non-hydrogen) atoms. The number of hydrogen-bond donors (Lipinski definition) is 6. The lowest BCUT2D eigenvalue weighted by atomic mass is 10.1. The van der Waals surface area contributed by atoms with E-state index in [1.165, 1.54) is 0 Å². The molecule has 1 saturated heterocycles. The first-order valence-electron chi connectivity index (χ1n) is 7.62. The van der Waals surface area contributed by atoms with E-state index in [-0.39, 0.29) is 0 Å². The zero-order valence-electron chi connectivity index (χ0n) is 14.7. The first kappa shape index (κ1) is 25.6. The Morgan fingerprint density at radius 1 is 1.19 bits per heavy atom. The lowest BCUT2D eigenvalue weighted by molar-refractivity contribution is -0.0455. The highest BCUT2D eigenvalue weighted by atomic mass is 31.3. The Kier molecular flexibility index (Phi) is 7.79. The average Bonchev–Trinajstić information content (AvgIpc) is 2.86. The molecular formula is C9H14N5O14P3. The van der Waals surface area contributed by atoms with E-state index >= 15 is 0 Å². The van der Waals surface area contributed by atoms with Crippen LogP contribution < -0.4 is 11.2 Å². The van der Waals surface area contributed by atoms with Crippen molar-refractivity contribution in [2.24, 2.45) is 5.11 Å². The van der Waals surface area contributed by atoms with E-state index in [4.69, 9.17) is 24.9 Å². The summed E-state index contributed by atoms with van der Waals surface area (Å²) in [6.07, 6.45) is -3.86. The smallest absolute Gasteiger partial charge is 0.390 e. The van der Waals surface area contributed by atoms with E-state index in [0.717, 1.165) is 16.8 Å². The topological polar surface area (TPSA) is 293 Å². The van der Waals surface area contributed by atoms with Gasteiger partial charge in [-0.15, -0.1) is 0 Å². The molecular weight excluding hydrogens is 495 g/mol. The van der Waals surface area contributed by atoms with Crippen molar-refractivity contribution in [3.63, 3.8) is 0 Å². The van der Waals surface area contributed by atoms with Gasteiger partial charge >= 0.3 is 29.2 Å². The lowest BCUT2D eigenvalue weighted by Gasteiger charge is -2.19. The summed E-state index contributed by atoms with van der Waals surface area (Å²) < 4.78 is 51.1. The van der Waals surface area contributed by atoms with Gasteiger partial charge < -0.3 is 29.4 Å². The third-order valence-electron chi connectivity index (χ3n) is 3.47. The van der Waals surface area contributed by atoms with Crippen LogP contribution in [0.5, 0.6) is 0 Å². The maximum atomic E-state index is 11.9. The van der Waals surface area contributed by atoms with Crippen LogP contribution >= 0.6 is 23.5 Å². The highest BCUT2D eigenvalue weighted by molar-refractivity contribution is 7.66. The standard InChI is InChI=1S/C9H14N5O14P3/c10-13-12-6-7(16)4(26-8(6)14-2-1-5(15)11-9(14)17)3-25-30(21,22)28-31(23,24)27-29(18,19)20/h1-2,4,6-8,16H,3H2,(H,21,22)(H,23,24)(H,11,15,17)(H2,18,19,20)/t4-,6?,7-,8-/m1/s1. The number of phosphoric acid groups is 3. The number of aromatic nitrogens is 2. The fraction of sp³-hybridized carbons (Fsp3) is 0.556. The predicted octanol–water partition coefficient (Wildman–Crippen LogP) is -1.18. The SMILES string of the molecule is [N-]=[N+]=NC1[C@H](n2ccc(=O)[nH]c2=O)O[C@H](COP(=O)(O)OP(=O)(O)OP(=O)(O)O)[C@H]1O. The van der Waals surface area contributed by atoms with Crippen molar-refractivity contribution >= 4 is 23.5 Å². The normalized spacial score (nSPS) is 27.8. The van der Waals surface area contributed by atoms with E-state index in [9.17, 15) is 33.3 Å². The van der Waals surface area contributed by atoms with Crippen molar-refractivity contribution in [1.82, 2.24) is 9.55 Å². The van der Waals surface area contributed by atoms with Gasteiger partial charge in [0, 0.05) is 17.2 Å². The third kappa shape index (κ3) is 7.17. The van der Waals surface area contributed by atoms with Crippen molar-refractivity contribution in [2.45, 2.75) is 24.5 Å². The summed E-state index contributed by atoms with van der Waals surface area (Å²) in [5.74, 6) is 0. The maximum absolute atomic E-state index is 11.9. The van der Waals surface area contributed by atoms with Gasteiger partial charge in [-0.1, -0.05) is 5.11 Å². The fourth-order valence-corrected chi connectivity index (χ4v) is 5.41. The van der Waals surface area contributed by atoms with E-state index in [1.807, 2.05) is 4.98 Å². The molecule has 0 aromatic carbocycles. The van der Waals surface area contributed by atoms with Crippen molar-refractivity contribution in [1.29, 1.82) is 0 Å². The summed E-state index contributed by atoms with van der Waals surface area (Å²) >= 11 is 0. The van der Waals surface area contributed by atoms with Crippen LogP contribution in [0.2, 0.25) is 0 Å². The molecule has 6 N–H and O–H groups in total. The third-order valence-corrected chi connectivity index (χ3v) is 7.27. The molecule has 0 spiro atoms. The quantitative estimate of drug-likeness (QED) is 0.0988. The summed E-state index contributed by atoms with van der Waals surface area (Å²) in [7, 11) is -16.9. The van der Waals surface area contributed by atoms with Gasteiger partial charge in [0.2, 0.25) is 0 Å². The molecule has 2 heterocycles. The summed E-state index contributed by atoms with van der Waals surface area (Å²) in [6.45, 7) is -1.06. The van der Waals surface area contributed by atoms with Crippen molar-refractivity contribution in [3.05, 3.63) is 43.5 Å². The molecule has 22 heteroatoms. The van der Waals surface area contributed by atoms with Gasteiger partial charge in [0.15, 0.2) is 0 Å². The van der Waals surface area contributed by atoms with Gasteiger partial charge in [-0.2, -0.15) is 8.62 Å². The van der Waals surface area contributed by atoms with Crippen molar-refractivity contribution in [2.75, 3.05) is 6.61 Å². The summed E-state index contributed by atoms with van der Waals surface area (Å²) in [6, 6.07) is -0.563. The van der Waals surface area contributed by atoms with Crippen LogP contribution in [0.4, 0.5) is 0 Å². The van der Waals surface area contributed by atoms with Crippen molar-refractivity contribution < 1.29 is 56.3 Å². The Hall–Kier alpha value is -1.68. The molecule has 0 bridgehead atoms. The second kappa shape index (κ2) is 9.44. The number of ether oxygens (including phenoxy) is 1. The molecule has 2 rings (SSSR count). The molecule has 0 amide bonds. The lowest BCUT2D eigenvalue weighted by Crippen LogP contribution is -2.36. The number of nitrogens with zero attached hydrogens (tertiary/aromatic N) is 4. The molecule has 1 aromatic rings. The molecule has 1 aliphatic rings. The second-order valence-corrected chi connectivity index (χ2v) is 10.1. The van der Waals surface area contributed by atoms with Crippen LogP contribution in [0.25, 0.3) is 10.4 Å². The van der Waals surface area contributed by atoms with Gasteiger partial charge in [-0.25, -0.2) is 18.5 Å². The molecule has 0 aliphatic carbocycles. The van der Waals surface area contributed by atoms with E-state index in [2.05, 4.69) is 23.2 Å². The Balaban J connectivity index is 2.16. The van der Waals surface area contributed by atoms with Crippen LogP contribution in [0.15, 0.2) is 27.0 Å². The zero-order chi connectivity index (χ0) is 23.6. The summed E-state index contributed by atoms with van der Waals surface area (Å²) in [5.41, 5.74) is 6.90. The van der Waals surface area contributed by atoms with E-state index < -0.39 is 65.8 Å². The van der Waals surface area contributed by atoms with Gasteiger partial charge in [0.25, 0.3) is 5.56 Å². The molecule has 1 aromatic heterocycles. The number of rotatable bonds is 9. The highest BCUT2D eigenvalue weighted by Crippen LogP contribution is 2.66. The molecule has 174 valence electrons. The van der Waals surface area contributed by atoms with Crippen LogP contribution in [0.1, 0.15) is 6.23 Å². The fourth-order valence-electron chi connectivity index (χ4n) is 2.38. The first-order chi connectivity index (χ1) is 14.1. The van der Waals surface area contributed by atoms with Crippen LogP contribution in [0, 0.1) is 0 Å². The van der Waals surface area contributed by atoms with E-state index in [1.54, 1.807) is 0 Å². The number of hydrogen-bond acceptors (Lipinski definition) is 11. The van der Waals surface area contributed by atoms with Crippen LogP contribution in [-0.4, -0.2) is 59.1 Å². The number of aromatic amines is 1. The molecule has 19 nitrogen and oxygen atoms in total. The van der Waals surface area contributed by atoms with Gasteiger partial charge in [0.05, 0.1) is 12.7 Å². The monoisotopic (exact) mass is 509 g/mol. The molecule has 0 saturated carbocycles. The number of aliphatic hydroxyl groups is 1. The van der Waals surface area contributed by atoms with Crippen molar-refractivity contribution in [3.8, 4) is 0 Å². The minimum absolute atomic E-state index is 0.745. The first-order valence-corrected chi connectivity index (χ1v) is 12.1. The van der Waals surface area contributed by atoms with Gasteiger partial charge in [0.1, 0.15) is 18.4 Å². The Bertz CT molecular complexity index is 1120. The van der Waals surface area contributed by atoms with Crippen LogP contribution in [0.3, 0.4) is 0 Å². The molecule has 6 atom stereocenters. The number of azide groups is 1. The average molecular weight is 509 g/mol. The predicted molar refractivity (Wildman–Crippen MR) is 94.0 cm³/mol.